The molecule has 5 nitrogen and oxygen atoms in total. The van der Waals surface area contributed by atoms with E-state index in [4.69, 9.17) is 0 Å². The third-order valence-corrected chi connectivity index (χ3v) is 2.95. The van der Waals surface area contributed by atoms with Crippen molar-refractivity contribution in [3.63, 3.8) is 0 Å². The summed E-state index contributed by atoms with van der Waals surface area (Å²) in [5, 5.41) is 9.53. The Bertz CT molecular complexity index is 706. The Balaban J connectivity index is 1.89. The summed E-state index contributed by atoms with van der Waals surface area (Å²) in [5.41, 5.74) is 6.59. The third kappa shape index (κ3) is 4.21. The maximum Gasteiger partial charge on any atom is 0.273 e. The number of phenols is 1. The van der Waals surface area contributed by atoms with Gasteiger partial charge >= 0.3 is 0 Å². The molecule has 112 valence electrons. The minimum absolute atomic E-state index is 0.0883. The Hall–Kier alpha value is -3.08. The first-order chi connectivity index (χ1) is 10.6. The first-order valence-corrected chi connectivity index (χ1v) is 6.69. The number of carbonyl (C=O) groups is 2. The second-order valence-corrected chi connectivity index (χ2v) is 4.70. The summed E-state index contributed by atoms with van der Waals surface area (Å²) in [5.74, 6) is -1.20. The van der Waals surface area contributed by atoms with E-state index in [2.05, 4.69) is 10.9 Å². The van der Waals surface area contributed by atoms with Crippen molar-refractivity contribution in [1.82, 2.24) is 10.9 Å². The Morgan fingerprint density at radius 3 is 2.36 bits per heavy atom. The van der Waals surface area contributed by atoms with Crippen LogP contribution >= 0.6 is 0 Å². The Morgan fingerprint density at radius 2 is 1.68 bits per heavy atom. The monoisotopic (exact) mass is 296 g/mol. The molecule has 0 spiro atoms. The van der Waals surface area contributed by atoms with E-state index < -0.39 is 11.8 Å². The molecule has 0 aromatic heterocycles. The van der Waals surface area contributed by atoms with Crippen molar-refractivity contribution in [1.29, 1.82) is 0 Å². The summed E-state index contributed by atoms with van der Waals surface area (Å²) in [4.78, 5) is 23.4. The highest BCUT2D eigenvalue weighted by Crippen LogP contribution is 2.14. The zero-order valence-electron chi connectivity index (χ0n) is 12.0. The van der Waals surface area contributed by atoms with Crippen molar-refractivity contribution in [3.05, 3.63) is 71.3 Å². The number of hydrogen-bond donors (Lipinski definition) is 3. The fraction of sp³-hybridized carbons (Fsp3) is 0.0588. The van der Waals surface area contributed by atoms with Crippen LogP contribution in [-0.2, 0) is 4.79 Å². The number of benzene rings is 2. The molecule has 0 bridgehead atoms. The zero-order valence-corrected chi connectivity index (χ0v) is 12.0. The molecular formula is C17H16N2O3. The second-order valence-electron chi connectivity index (χ2n) is 4.70. The van der Waals surface area contributed by atoms with Crippen LogP contribution in [0.4, 0.5) is 0 Å². The van der Waals surface area contributed by atoms with Gasteiger partial charge in [0, 0.05) is 6.08 Å². The van der Waals surface area contributed by atoms with Gasteiger partial charge in [-0.1, -0.05) is 42.0 Å². The number of nitrogens with one attached hydrogen (secondary N) is 2. The van der Waals surface area contributed by atoms with Crippen molar-refractivity contribution in [2.75, 3.05) is 0 Å². The van der Waals surface area contributed by atoms with Gasteiger partial charge in [-0.3, -0.25) is 20.4 Å². The number of aryl methyl sites for hydroxylation is 1. The lowest BCUT2D eigenvalue weighted by molar-refractivity contribution is -0.117. The number of carbonyl (C=O) groups excluding carboxylic acids is 2. The Morgan fingerprint density at radius 1 is 1.00 bits per heavy atom. The largest absolute Gasteiger partial charge is 0.507 e. The summed E-state index contributed by atoms with van der Waals surface area (Å²) < 4.78 is 0. The number of rotatable bonds is 3. The van der Waals surface area contributed by atoms with Crippen LogP contribution in [0.2, 0.25) is 0 Å². The molecule has 0 aliphatic rings. The quantitative estimate of drug-likeness (QED) is 0.600. The zero-order chi connectivity index (χ0) is 15.9. The van der Waals surface area contributed by atoms with Gasteiger partial charge in [-0.25, -0.2) is 0 Å². The topological polar surface area (TPSA) is 78.4 Å². The van der Waals surface area contributed by atoms with Crippen molar-refractivity contribution in [2.45, 2.75) is 6.92 Å². The van der Waals surface area contributed by atoms with Crippen molar-refractivity contribution in [2.24, 2.45) is 0 Å². The summed E-state index contributed by atoms with van der Waals surface area (Å²) in [7, 11) is 0. The van der Waals surface area contributed by atoms with Crippen LogP contribution in [0.5, 0.6) is 5.75 Å². The van der Waals surface area contributed by atoms with Crippen molar-refractivity contribution < 1.29 is 14.7 Å². The van der Waals surface area contributed by atoms with Gasteiger partial charge < -0.3 is 5.11 Å². The summed E-state index contributed by atoms with van der Waals surface area (Å²) in [6, 6.07) is 13.7. The van der Waals surface area contributed by atoms with E-state index in [-0.39, 0.29) is 11.3 Å². The molecule has 0 fully saturated rings. The third-order valence-electron chi connectivity index (χ3n) is 2.95. The maximum atomic E-state index is 11.8. The second kappa shape index (κ2) is 7.08. The lowest BCUT2D eigenvalue weighted by Crippen LogP contribution is -2.40. The minimum Gasteiger partial charge on any atom is -0.507 e. The van der Waals surface area contributed by atoms with Crippen LogP contribution in [0.25, 0.3) is 6.08 Å². The van der Waals surface area contributed by atoms with Crippen LogP contribution < -0.4 is 10.9 Å². The van der Waals surface area contributed by atoms with E-state index in [9.17, 15) is 14.7 Å². The smallest absolute Gasteiger partial charge is 0.273 e. The molecule has 0 saturated heterocycles. The van der Waals surface area contributed by atoms with Crippen molar-refractivity contribution in [3.8, 4) is 5.75 Å². The van der Waals surface area contributed by atoms with Gasteiger partial charge in [-0.15, -0.1) is 0 Å². The van der Waals surface area contributed by atoms with Gasteiger partial charge in [0.1, 0.15) is 5.75 Å². The van der Waals surface area contributed by atoms with Crippen LogP contribution in [0.15, 0.2) is 54.6 Å². The average molecular weight is 296 g/mol. The lowest BCUT2D eigenvalue weighted by atomic mass is 10.1. The number of phenolic OH excluding ortho intramolecular Hbond substituents is 1. The molecule has 2 aromatic rings. The molecule has 0 aliphatic heterocycles. The van der Waals surface area contributed by atoms with Gasteiger partial charge in [0.2, 0.25) is 0 Å². The van der Waals surface area contributed by atoms with Crippen LogP contribution in [-0.4, -0.2) is 16.9 Å². The SMILES string of the molecule is Cc1ccc(/C=C/C(=O)NNC(=O)c2ccccc2O)cc1. The van der Waals surface area contributed by atoms with Gasteiger partial charge in [0.05, 0.1) is 5.56 Å². The maximum absolute atomic E-state index is 11.8. The molecule has 2 rings (SSSR count). The van der Waals surface area contributed by atoms with Gasteiger partial charge in [0.15, 0.2) is 0 Å². The average Bonchev–Trinajstić information content (AvgIpc) is 2.52. The van der Waals surface area contributed by atoms with Gasteiger partial charge in [-0.05, 0) is 30.7 Å². The molecule has 0 unspecified atom stereocenters. The lowest BCUT2D eigenvalue weighted by Gasteiger charge is -2.06. The highest BCUT2D eigenvalue weighted by Gasteiger charge is 2.09. The number of aromatic hydroxyl groups is 1. The number of hydrazine groups is 1. The molecule has 0 aliphatic carbocycles. The molecule has 0 atom stereocenters. The summed E-state index contributed by atoms with van der Waals surface area (Å²) >= 11 is 0. The number of para-hydroxylation sites is 1. The highest BCUT2D eigenvalue weighted by atomic mass is 16.3. The molecule has 2 aromatic carbocycles. The predicted molar refractivity (Wildman–Crippen MR) is 83.9 cm³/mol. The molecule has 22 heavy (non-hydrogen) atoms. The van der Waals surface area contributed by atoms with Crippen molar-refractivity contribution >= 4 is 17.9 Å². The normalized spacial score (nSPS) is 10.4. The fourth-order valence-electron chi connectivity index (χ4n) is 1.74. The van der Waals surface area contributed by atoms with Crippen LogP contribution in [0, 0.1) is 6.92 Å². The van der Waals surface area contributed by atoms with E-state index in [0.29, 0.717) is 0 Å². The number of amides is 2. The van der Waals surface area contributed by atoms with E-state index in [1.807, 2.05) is 31.2 Å². The molecule has 0 radical (unpaired) electrons. The first kappa shape index (κ1) is 15.3. The predicted octanol–water partition coefficient (Wildman–Crippen LogP) is 2.18. The van der Waals surface area contributed by atoms with E-state index >= 15 is 0 Å². The summed E-state index contributed by atoms with van der Waals surface area (Å²) in [6.07, 6.45) is 2.96. The fourth-order valence-corrected chi connectivity index (χ4v) is 1.74. The molecule has 2 amide bonds. The van der Waals surface area contributed by atoms with E-state index in [1.165, 1.54) is 18.2 Å². The van der Waals surface area contributed by atoms with Crippen LogP contribution in [0.1, 0.15) is 21.5 Å². The minimum atomic E-state index is -0.588. The van der Waals surface area contributed by atoms with Crippen LogP contribution in [0.3, 0.4) is 0 Å². The molecule has 0 saturated carbocycles. The molecule has 0 heterocycles. The van der Waals surface area contributed by atoms with E-state index in [0.717, 1.165) is 11.1 Å². The first-order valence-electron chi connectivity index (χ1n) is 6.69. The number of hydrogen-bond acceptors (Lipinski definition) is 3. The van der Waals surface area contributed by atoms with E-state index in [1.54, 1.807) is 18.2 Å². The standard InChI is InChI=1S/C17H16N2O3/c1-12-6-8-13(9-7-12)10-11-16(21)18-19-17(22)14-4-2-3-5-15(14)20/h2-11,20H,1H3,(H,18,21)(H,19,22)/b11-10+. The Labute approximate surface area is 128 Å². The van der Waals surface area contributed by atoms with Gasteiger partial charge in [-0.2, -0.15) is 0 Å². The van der Waals surface area contributed by atoms with Gasteiger partial charge in [0.25, 0.3) is 11.8 Å². The Kier molecular flexibility index (Phi) is 4.93. The highest BCUT2D eigenvalue weighted by molar-refractivity contribution is 5.99. The molecular weight excluding hydrogens is 280 g/mol. The molecule has 5 heteroatoms. The molecule has 3 N–H and O–H groups in total. The summed E-state index contributed by atoms with van der Waals surface area (Å²) in [6.45, 7) is 1.98.